The Labute approximate surface area is 163 Å². The number of hydrogen-bond donors (Lipinski definition) is 1. The van der Waals surface area contributed by atoms with Crippen molar-refractivity contribution in [1.82, 2.24) is 9.62 Å². The Hall–Kier alpha value is -1.41. The highest BCUT2D eigenvalue weighted by atomic mass is 35.5. The number of nitrogens with one attached hydrogen (secondary N) is 1. The summed E-state index contributed by atoms with van der Waals surface area (Å²) in [7, 11) is -3.49. The predicted octanol–water partition coefficient (Wildman–Crippen LogP) is 3.68. The molecule has 8 heteroatoms. The molecule has 1 aliphatic rings. The SMILES string of the molecule is CC(NC(=O)C1CCN(S(=O)(=O)c2ccccc2)CC1)c1ccc(Cl)s1. The minimum absolute atomic E-state index is 0.0289. The summed E-state index contributed by atoms with van der Waals surface area (Å²) in [5, 5.41) is 3.01. The molecule has 1 amide bonds. The summed E-state index contributed by atoms with van der Waals surface area (Å²) in [6, 6.07) is 12.0. The molecule has 1 unspecified atom stereocenters. The molecule has 1 fully saturated rings. The molecule has 5 nitrogen and oxygen atoms in total. The number of carbonyl (C=O) groups is 1. The van der Waals surface area contributed by atoms with Gasteiger partial charge in [0.25, 0.3) is 0 Å². The van der Waals surface area contributed by atoms with Gasteiger partial charge in [0, 0.05) is 23.9 Å². The first-order valence-corrected chi connectivity index (χ1v) is 11.1. The molecule has 140 valence electrons. The molecule has 0 saturated carbocycles. The van der Waals surface area contributed by atoms with Crippen molar-refractivity contribution in [2.24, 2.45) is 5.92 Å². The van der Waals surface area contributed by atoms with Crippen LogP contribution in [-0.4, -0.2) is 31.7 Å². The number of benzene rings is 1. The Kier molecular flexibility index (Phi) is 6.02. The lowest BCUT2D eigenvalue weighted by molar-refractivity contribution is -0.126. The summed E-state index contributed by atoms with van der Waals surface area (Å²) in [6.45, 7) is 2.64. The lowest BCUT2D eigenvalue weighted by Crippen LogP contribution is -2.43. The van der Waals surface area contributed by atoms with E-state index in [1.54, 1.807) is 30.3 Å². The van der Waals surface area contributed by atoms with Crippen LogP contribution in [0.4, 0.5) is 0 Å². The van der Waals surface area contributed by atoms with Gasteiger partial charge < -0.3 is 5.32 Å². The second kappa shape index (κ2) is 8.08. The second-order valence-corrected chi connectivity index (χ2v) is 10.0. The van der Waals surface area contributed by atoms with E-state index in [9.17, 15) is 13.2 Å². The molecule has 1 aromatic heterocycles. The van der Waals surface area contributed by atoms with Crippen LogP contribution in [0.25, 0.3) is 0 Å². The molecule has 2 heterocycles. The highest BCUT2D eigenvalue weighted by Gasteiger charge is 2.32. The van der Waals surface area contributed by atoms with Crippen molar-refractivity contribution in [3.8, 4) is 0 Å². The third-order valence-electron chi connectivity index (χ3n) is 4.59. The van der Waals surface area contributed by atoms with Crippen molar-refractivity contribution in [2.45, 2.75) is 30.7 Å². The number of piperidine rings is 1. The quantitative estimate of drug-likeness (QED) is 0.814. The molecule has 0 spiro atoms. The van der Waals surface area contributed by atoms with Crippen molar-refractivity contribution in [1.29, 1.82) is 0 Å². The first kappa shape index (κ1) is 19.4. The lowest BCUT2D eigenvalue weighted by Gasteiger charge is -2.31. The summed E-state index contributed by atoms with van der Waals surface area (Å²) in [5.74, 6) is -0.200. The van der Waals surface area contributed by atoms with Crippen LogP contribution in [0, 0.1) is 5.92 Å². The van der Waals surface area contributed by atoms with Crippen LogP contribution in [0.15, 0.2) is 47.4 Å². The first-order valence-electron chi connectivity index (χ1n) is 8.49. The van der Waals surface area contributed by atoms with Gasteiger partial charge in [-0.1, -0.05) is 29.8 Å². The molecule has 0 radical (unpaired) electrons. The maximum Gasteiger partial charge on any atom is 0.243 e. The Bertz CT molecular complexity index is 860. The zero-order valence-electron chi connectivity index (χ0n) is 14.4. The van der Waals surface area contributed by atoms with Crippen LogP contribution >= 0.6 is 22.9 Å². The van der Waals surface area contributed by atoms with Crippen molar-refractivity contribution >= 4 is 38.9 Å². The number of thiophene rings is 1. The van der Waals surface area contributed by atoms with Gasteiger partial charge in [0.15, 0.2) is 0 Å². The molecule has 1 aromatic carbocycles. The fourth-order valence-electron chi connectivity index (χ4n) is 3.06. The number of hydrogen-bond acceptors (Lipinski definition) is 4. The van der Waals surface area contributed by atoms with E-state index in [1.165, 1.54) is 15.6 Å². The van der Waals surface area contributed by atoms with Crippen molar-refractivity contribution in [2.75, 3.05) is 13.1 Å². The Morgan fingerprint density at radius 1 is 1.19 bits per heavy atom. The normalized spacial score (nSPS) is 17.8. The highest BCUT2D eigenvalue weighted by molar-refractivity contribution is 7.89. The molecule has 3 rings (SSSR count). The molecule has 2 aromatic rings. The fraction of sp³-hybridized carbons (Fsp3) is 0.389. The molecular formula is C18H21ClN2O3S2. The largest absolute Gasteiger partial charge is 0.349 e. The van der Waals surface area contributed by atoms with Gasteiger partial charge >= 0.3 is 0 Å². The van der Waals surface area contributed by atoms with Gasteiger partial charge in [-0.25, -0.2) is 8.42 Å². The third kappa shape index (κ3) is 4.28. The standard InChI is InChI=1S/C18H21ClN2O3S2/c1-13(16-7-8-17(19)25-16)20-18(22)14-9-11-21(12-10-14)26(23,24)15-5-3-2-4-6-15/h2-8,13-14H,9-12H2,1H3,(H,20,22). The lowest BCUT2D eigenvalue weighted by atomic mass is 9.97. The topological polar surface area (TPSA) is 66.5 Å². The molecule has 0 aliphatic carbocycles. The Morgan fingerprint density at radius 2 is 1.85 bits per heavy atom. The van der Waals surface area contributed by atoms with E-state index in [4.69, 9.17) is 11.6 Å². The summed E-state index contributed by atoms with van der Waals surface area (Å²) < 4.78 is 27.4. The van der Waals surface area contributed by atoms with Gasteiger partial charge in [0.2, 0.25) is 15.9 Å². The van der Waals surface area contributed by atoms with Crippen LogP contribution in [0.1, 0.15) is 30.7 Å². The Morgan fingerprint density at radius 3 is 2.42 bits per heavy atom. The van der Waals surface area contributed by atoms with E-state index in [0.29, 0.717) is 35.2 Å². The minimum atomic E-state index is -3.49. The van der Waals surface area contributed by atoms with Gasteiger partial charge in [-0.3, -0.25) is 4.79 Å². The van der Waals surface area contributed by atoms with Gasteiger partial charge in [0.1, 0.15) is 0 Å². The van der Waals surface area contributed by atoms with Gasteiger partial charge in [-0.15, -0.1) is 11.3 Å². The number of amides is 1. The van der Waals surface area contributed by atoms with Gasteiger partial charge in [-0.2, -0.15) is 4.31 Å². The van der Waals surface area contributed by atoms with E-state index >= 15 is 0 Å². The van der Waals surface area contributed by atoms with Crippen LogP contribution in [-0.2, 0) is 14.8 Å². The molecule has 1 N–H and O–H groups in total. The third-order valence-corrected chi connectivity index (χ3v) is 7.91. The van der Waals surface area contributed by atoms with Crippen molar-refractivity contribution in [3.63, 3.8) is 0 Å². The van der Waals surface area contributed by atoms with Crippen molar-refractivity contribution in [3.05, 3.63) is 51.7 Å². The van der Waals surface area contributed by atoms with E-state index in [2.05, 4.69) is 5.32 Å². The molecule has 1 aliphatic heterocycles. The van der Waals surface area contributed by atoms with E-state index in [1.807, 2.05) is 19.1 Å². The molecule has 26 heavy (non-hydrogen) atoms. The molecular weight excluding hydrogens is 392 g/mol. The van der Waals surface area contributed by atoms with Crippen molar-refractivity contribution < 1.29 is 13.2 Å². The van der Waals surface area contributed by atoms with Crippen LogP contribution in [0.3, 0.4) is 0 Å². The van der Waals surface area contributed by atoms with Crippen LogP contribution in [0.2, 0.25) is 4.34 Å². The maximum atomic E-state index is 12.6. The van der Waals surface area contributed by atoms with E-state index in [0.717, 1.165) is 4.88 Å². The summed E-state index contributed by atoms with van der Waals surface area (Å²) >= 11 is 7.39. The number of nitrogens with zero attached hydrogens (tertiary/aromatic N) is 1. The average molecular weight is 413 g/mol. The Balaban J connectivity index is 1.57. The van der Waals surface area contributed by atoms with Crippen LogP contribution in [0.5, 0.6) is 0 Å². The van der Waals surface area contributed by atoms with E-state index in [-0.39, 0.29) is 17.9 Å². The summed E-state index contributed by atoms with van der Waals surface area (Å²) in [4.78, 5) is 13.8. The van der Waals surface area contributed by atoms with Gasteiger partial charge in [0.05, 0.1) is 15.3 Å². The minimum Gasteiger partial charge on any atom is -0.349 e. The summed E-state index contributed by atoms with van der Waals surface area (Å²) in [6.07, 6.45) is 1.05. The van der Waals surface area contributed by atoms with Crippen LogP contribution < -0.4 is 5.32 Å². The zero-order chi connectivity index (χ0) is 18.7. The average Bonchev–Trinajstić information content (AvgIpc) is 3.09. The maximum absolute atomic E-state index is 12.6. The molecule has 1 saturated heterocycles. The second-order valence-electron chi connectivity index (χ2n) is 6.36. The zero-order valence-corrected chi connectivity index (χ0v) is 16.8. The first-order chi connectivity index (χ1) is 12.4. The summed E-state index contributed by atoms with van der Waals surface area (Å²) in [5.41, 5.74) is 0. The molecule has 0 bridgehead atoms. The van der Waals surface area contributed by atoms with E-state index < -0.39 is 10.0 Å². The number of sulfonamides is 1. The highest BCUT2D eigenvalue weighted by Crippen LogP contribution is 2.28. The number of halogens is 1. The number of rotatable bonds is 5. The van der Waals surface area contributed by atoms with Gasteiger partial charge in [-0.05, 0) is 44.0 Å². The molecule has 1 atom stereocenters. The smallest absolute Gasteiger partial charge is 0.243 e. The predicted molar refractivity (Wildman–Crippen MR) is 104 cm³/mol. The monoisotopic (exact) mass is 412 g/mol. The fourth-order valence-corrected chi connectivity index (χ4v) is 5.62. The number of carbonyl (C=O) groups excluding carboxylic acids is 1.